The van der Waals surface area contributed by atoms with Gasteiger partial charge in [-0.05, 0) is 44.2 Å². The summed E-state index contributed by atoms with van der Waals surface area (Å²) in [5.74, 6) is -0.183. The van der Waals surface area contributed by atoms with Gasteiger partial charge in [0, 0.05) is 17.1 Å². The highest BCUT2D eigenvalue weighted by molar-refractivity contribution is 9.10. The first-order chi connectivity index (χ1) is 7.02. The minimum atomic E-state index is -0.183. The maximum absolute atomic E-state index is 13.1. The maximum atomic E-state index is 13.1. The number of hydrogen-bond donors (Lipinski definition) is 0. The summed E-state index contributed by atoms with van der Waals surface area (Å²) in [6.07, 6.45) is 1.10. The van der Waals surface area contributed by atoms with Gasteiger partial charge in [-0.2, -0.15) is 0 Å². The summed E-state index contributed by atoms with van der Waals surface area (Å²) in [5.41, 5.74) is 1.00. The van der Waals surface area contributed by atoms with Crippen molar-refractivity contribution in [1.82, 2.24) is 4.90 Å². The molecule has 0 saturated carbocycles. The Bertz CT molecular complexity index is 307. The molecule has 3 heteroatoms. The Hall–Kier alpha value is -0.410. The van der Waals surface area contributed by atoms with Crippen molar-refractivity contribution in [2.75, 3.05) is 7.05 Å². The maximum Gasteiger partial charge on any atom is 0.124 e. The molecule has 1 rings (SSSR count). The number of halogens is 2. The second-order valence-corrected chi connectivity index (χ2v) is 4.87. The molecule has 0 aromatic heterocycles. The predicted molar refractivity (Wildman–Crippen MR) is 65.3 cm³/mol. The molecule has 0 amide bonds. The summed E-state index contributed by atoms with van der Waals surface area (Å²) in [6, 6.07) is 5.55. The topological polar surface area (TPSA) is 3.24 Å². The van der Waals surface area contributed by atoms with Crippen molar-refractivity contribution in [2.45, 2.75) is 32.9 Å². The van der Waals surface area contributed by atoms with Gasteiger partial charge in [-0.3, -0.25) is 4.90 Å². The number of hydrogen-bond acceptors (Lipinski definition) is 1. The zero-order valence-electron chi connectivity index (χ0n) is 9.43. The third kappa shape index (κ3) is 3.92. The smallest absolute Gasteiger partial charge is 0.124 e. The van der Waals surface area contributed by atoms with E-state index in [1.54, 1.807) is 6.07 Å². The van der Waals surface area contributed by atoms with Crippen LogP contribution in [0.15, 0.2) is 22.7 Å². The lowest BCUT2D eigenvalue weighted by molar-refractivity contribution is 0.243. The molecular weight excluding hydrogens is 257 g/mol. The fourth-order valence-corrected chi connectivity index (χ4v) is 1.97. The van der Waals surface area contributed by atoms with Gasteiger partial charge >= 0.3 is 0 Å². The molecule has 1 nitrogen and oxygen atoms in total. The van der Waals surface area contributed by atoms with E-state index in [1.807, 2.05) is 6.07 Å². The van der Waals surface area contributed by atoms with Crippen LogP contribution in [0.3, 0.4) is 0 Å². The molecule has 15 heavy (non-hydrogen) atoms. The van der Waals surface area contributed by atoms with E-state index < -0.39 is 0 Å². The zero-order chi connectivity index (χ0) is 11.4. The van der Waals surface area contributed by atoms with Crippen LogP contribution in [-0.4, -0.2) is 18.0 Å². The fraction of sp³-hybridized carbons (Fsp3) is 0.500. The number of rotatable bonds is 4. The zero-order valence-corrected chi connectivity index (χ0v) is 11.0. The summed E-state index contributed by atoms with van der Waals surface area (Å²) < 4.78 is 13.9. The molecule has 1 aromatic rings. The van der Waals surface area contributed by atoms with Crippen molar-refractivity contribution in [3.05, 3.63) is 34.1 Å². The average molecular weight is 274 g/mol. The van der Waals surface area contributed by atoms with Crippen molar-refractivity contribution in [1.29, 1.82) is 0 Å². The molecule has 0 aliphatic rings. The van der Waals surface area contributed by atoms with E-state index in [0.29, 0.717) is 6.04 Å². The number of benzene rings is 1. The average Bonchev–Trinajstić information content (AvgIpc) is 2.14. The van der Waals surface area contributed by atoms with E-state index in [-0.39, 0.29) is 5.82 Å². The highest BCUT2D eigenvalue weighted by atomic mass is 79.9. The summed E-state index contributed by atoms with van der Waals surface area (Å²) >= 11 is 3.30. The molecule has 84 valence electrons. The van der Waals surface area contributed by atoms with E-state index in [1.165, 1.54) is 6.07 Å². The third-order valence-electron chi connectivity index (χ3n) is 2.70. The molecule has 0 fully saturated rings. The molecule has 0 bridgehead atoms. The van der Waals surface area contributed by atoms with Crippen molar-refractivity contribution < 1.29 is 4.39 Å². The first-order valence-corrected chi connectivity index (χ1v) is 5.97. The van der Waals surface area contributed by atoms with Crippen molar-refractivity contribution in [3.8, 4) is 0 Å². The Balaban J connectivity index is 2.72. The van der Waals surface area contributed by atoms with Gasteiger partial charge in [-0.15, -0.1) is 0 Å². The first kappa shape index (κ1) is 12.7. The highest BCUT2D eigenvalue weighted by Gasteiger charge is 2.08. The summed E-state index contributed by atoms with van der Waals surface area (Å²) in [6.45, 7) is 5.11. The van der Waals surface area contributed by atoms with Gasteiger partial charge in [-0.1, -0.05) is 22.9 Å². The highest BCUT2D eigenvalue weighted by Crippen LogP contribution is 2.17. The van der Waals surface area contributed by atoms with E-state index in [4.69, 9.17) is 0 Å². The lowest BCUT2D eigenvalue weighted by Gasteiger charge is -2.23. The number of nitrogens with zero attached hydrogens (tertiary/aromatic N) is 1. The van der Waals surface area contributed by atoms with Gasteiger partial charge in [0.05, 0.1) is 0 Å². The van der Waals surface area contributed by atoms with Crippen LogP contribution >= 0.6 is 15.9 Å². The van der Waals surface area contributed by atoms with Gasteiger partial charge in [0.25, 0.3) is 0 Å². The second-order valence-electron chi connectivity index (χ2n) is 3.95. The molecule has 1 atom stereocenters. The van der Waals surface area contributed by atoms with E-state index in [9.17, 15) is 4.39 Å². The van der Waals surface area contributed by atoms with Crippen LogP contribution in [0.2, 0.25) is 0 Å². The monoisotopic (exact) mass is 273 g/mol. The van der Waals surface area contributed by atoms with Gasteiger partial charge in [-0.25, -0.2) is 4.39 Å². The Kier molecular flexibility index (Phi) is 4.74. The molecule has 0 aliphatic heterocycles. The van der Waals surface area contributed by atoms with Crippen LogP contribution < -0.4 is 0 Å². The summed E-state index contributed by atoms with van der Waals surface area (Å²) in [5, 5.41) is 0. The van der Waals surface area contributed by atoms with Crippen LogP contribution in [-0.2, 0) is 6.54 Å². The Morgan fingerprint density at radius 1 is 1.40 bits per heavy atom. The SMILES string of the molecule is CCC(C)N(C)Cc1cc(F)cc(Br)c1. The Morgan fingerprint density at radius 3 is 2.60 bits per heavy atom. The normalized spacial score (nSPS) is 13.2. The largest absolute Gasteiger partial charge is 0.299 e. The van der Waals surface area contributed by atoms with Crippen molar-refractivity contribution >= 4 is 15.9 Å². The Labute approximate surface area is 99.4 Å². The Morgan fingerprint density at radius 2 is 2.07 bits per heavy atom. The van der Waals surface area contributed by atoms with Crippen LogP contribution in [0.1, 0.15) is 25.8 Å². The first-order valence-electron chi connectivity index (χ1n) is 5.18. The lowest BCUT2D eigenvalue weighted by atomic mass is 10.1. The lowest BCUT2D eigenvalue weighted by Crippen LogP contribution is -2.27. The second kappa shape index (κ2) is 5.61. The minimum absolute atomic E-state index is 0.183. The van der Waals surface area contributed by atoms with Crippen molar-refractivity contribution in [2.24, 2.45) is 0 Å². The predicted octanol–water partition coefficient (Wildman–Crippen LogP) is 3.82. The molecule has 0 saturated heterocycles. The van der Waals surface area contributed by atoms with Gasteiger partial charge in [0.2, 0.25) is 0 Å². The molecule has 1 unspecified atom stereocenters. The van der Waals surface area contributed by atoms with E-state index >= 15 is 0 Å². The minimum Gasteiger partial charge on any atom is -0.299 e. The van der Waals surface area contributed by atoms with Crippen LogP contribution in [0.5, 0.6) is 0 Å². The quantitative estimate of drug-likeness (QED) is 0.806. The van der Waals surface area contributed by atoms with Gasteiger partial charge in [0.1, 0.15) is 5.82 Å². The standard InChI is InChI=1S/C12H17BrFN/c1-4-9(2)15(3)8-10-5-11(13)7-12(14)6-10/h5-7,9H,4,8H2,1-3H3. The molecular formula is C12H17BrFN. The van der Waals surface area contributed by atoms with Crippen molar-refractivity contribution in [3.63, 3.8) is 0 Å². The summed E-state index contributed by atoms with van der Waals surface area (Å²) in [4.78, 5) is 2.22. The molecule has 0 heterocycles. The molecule has 0 aliphatic carbocycles. The molecule has 0 N–H and O–H groups in total. The van der Waals surface area contributed by atoms with Crippen LogP contribution in [0.4, 0.5) is 4.39 Å². The van der Waals surface area contributed by atoms with Gasteiger partial charge < -0.3 is 0 Å². The summed E-state index contributed by atoms with van der Waals surface area (Å²) in [7, 11) is 2.06. The van der Waals surface area contributed by atoms with Gasteiger partial charge in [0.15, 0.2) is 0 Å². The van der Waals surface area contributed by atoms with Crippen LogP contribution in [0, 0.1) is 5.82 Å². The fourth-order valence-electron chi connectivity index (χ4n) is 1.46. The van der Waals surface area contributed by atoms with Crippen LogP contribution in [0.25, 0.3) is 0 Å². The molecule has 1 aromatic carbocycles. The molecule has 0 radical (unpaired) electrons. The molecule has 0 spiro atoms. The van der Waals surface area contributed by atoms with E-state index in [2.05, 4.69) is 41.7 Å². The third-order valence-corrected chi connectivity index (χ3v) is 3.16. The van der Waals surface area contributed by atoms with E-state index in [0.717, 1.165) is 23.0 Å².